The number of fused-ring (bicyclic) bond motifs is 1. The first-order chi connectivity index (χ1) is 12.3. The molecule has 0 aliphatic carbocycles. The molecule has 1 unspecified atom stereocenters. The molecule has 0 saturated carbocycles. The SMILES string of the molecule is Cc1cc(S(=O)(=O)NCC(c2ccc3c(c2)OCO3)N(C)C)ccc1F. The molecular weight excluding hydrogens is 359 g/mol. The van der Waals surface area contributed by atoms with E-state index in [9.17, 15) is 12.8 Å². The zero-order valence-corrected chi connectivity index (χ0v) is 15.6. The van der Waals surface area contributed by atoms with Gasteiger partial charge >= 0.3 is 0 Å². The van der Waals surface area contributed by atoms with E-state index in [1.54, 1.807) is 0 Å². The molecule has 1 N–H and O–H groups in total. The summed E-state index contributed by atoms with van der Waals surface area (Å²) < 4.78 is 51.8. The lowest BCUT2D eigenvalue weighted by Crippen LogP contribution is -2.34. The summed E-state index contributed by atoms with van der Waals surface area (Å²) in [4.78, 5) is 1.95. The maximum Gasteiger partial charge on any atom is 0.240 e. The van der Waals surface area contributed by atoms with Crippen molar-refractivity contribution in [1.29, 1.82) is 0 Å². The standard InChI is InChI=1S/C18H21FN2O4S/c1-12-8-14(5-6-15(12)19)26(22,23)20-10-16(21(2)3)13-4-7-17-18(9-13)25-11-24-17/h4-9,16,20H,10-11H2,1-3H3. The summed E-state index contributed by atoms with van der Waals surface area (Å²) in [6, 6.07) is 9.08. The minimum Gasteiger partial charge on any atom is -0.454 e. The van der Waals surface area contributed by atoms with Crippen molar-refractivity contribution in [2.75, 3.05) is 27.4 Å². The second kappa shape index (κ2) is 7.22. The molecule has 140 valence electrons. The summed E-state index contributed by atoms with van der Waals surface area (Å²) >= 11 is 0. The van der Waals surface area contributed by atoms with E-state index in [2.05, 4.69) is 4.72 Å². The number of benzene rings is 2. The van der Waals surface area contributed by atoms with Gasteiger partial charge in [0.2, 0.25) is 16.8 Å². The Morgan fingerprint density at radius 3 is 2.58 bits per heavy atom. The smallest absolute Gasteiger partial charge is 0.240 e. The van der Waals surface area contributed by atoms with Crippen LogP contribution in [0, 0.1) is 12.7 Å². The summed E-state index contributed by atoms with van der Waals surface area (Å²) in [7, 11) is -0.0136. The van der Waals surface area contributed by atoms with E-state index in [1.807, 2.05) is 37.2 Å². The molecule has 0 spiro atoms. The Labute approximate surface area is 152 Å². The predicted octanol–water partition coefficient (Wildman–Crippen LogP) is 2.44. The minimum absolute atomic E-state index is 0.0413. The zero-order chi connectivity index (χ0) is 18.9. The maximum atomic E-state index is 13.4. The van der Waals surface area contributed by atoms with Crippen molar-refractivity contribution >= 4 is 10.0 Å². The maximum absolute atomic E-state index is 13.4. The van der Waals surface area contributed by atoms with E-state index in [0.717, 1.165) is 11.6 Å². The van der Waals surface area contributed by atoms with E-state index in [4.69, 9.17) is 9.47 Å². The number of likely N-dealkylation sites (N-methyl/N-ethyl adjacent to an activating group) is 1. The van der Waals surface area contributed by atoms with E-state index in [-0.39, 0.29) is 29.8 Å². The van der Waals surface area contributed by atoms with Gasteiger partial charge in [-0.15, -0.1) is 0 Å². The number of halogens is 1. The molecule has 3 rings (SSSR count). The molecule has 6 nitrogen and oxygen atoms in total. The van der Waals surface area contributed by atoms with Gasteiger partial charge in [-0.05, 0) is 62.5 Å². The Hall–Kier alpha value is -2.16. The van der Waals surface area contributed by atoms with Crippen molar-refractivity contribution in [3.05, 3.63) is 53.3 Å². The molecule has 26 heavy (non-hydrogen) atoms. The molecule has 0 amide bonds. The van der Waals surface area contributed by atoms with Crippen LogP contribution in [-0.4, -0.2) is 40.8 Å². The van der Waals surface area contributed by atoms with Crippen LogP contribution >= 0.6 is 0 Å². The molecule has 1 heterocycles. The lowest BCUT2D eigenvalue weighted by molar-refractivity contribution is 0.174. The van der Waals surface area contributed by atoms with Gasteiger partial charge in [-0.3, -0.25) is 0 Å². The second-order valence-corrected chi connectivity index (χ2v) is 8.12. The van der Waals surface area contributed by atoms with Gasteiger partial charge in [-0.1, -0.05) is 6.07 Å². The molecule has 0 saturated heterocycles. The van der Waals surface area contributed by atoms with Crippen molar-refractivity contribution < 1.29 is 22.3 Å². The van der Waals surface area contributed by atoms with E-state index in [1.165, 1.54) is 19.1 Å². The monoisotopic (exact) mass is 380 g/mol. The van der Waals surface area contributed by atoms with E-state index >= 15 is 0 Å². The topological polar surface area (TPSA) is 67.9 Å². The number of nitrogens with zero attached hydrogens (tertiary/aromatic N) is 1. The normalized spacial score (nSPS) is 14.7. The first-order valence-corrected chi connectivity index (χ1v) is 9.58. The molecule has 1 aliphatic rings. The zero-order valence-electron chi connectivity index (χ0n) is 14.8. The Kier molecular flexibility index (Phi) is 5.17. The third-order valence-electron chi connectivity index (χ3n) is 4.31. The lowest BCUT2D eigenvalue weighted by atomic mass is 10.1. The number of hydrogen-bond donors (Lipinski definition) is 1. The Bertz CT molecular complexity index is 915. The van der Waals surface area contributed by atoms with Gasteiger partial charge in [-0.2, -0.15) is 0 Å². The predicted molar refractivity (Wildman–Crippen MR) is 95.3 cm³/mol. The number of nitrogens with one attached hydrogen (secondary N) is 1. The van der Waals surface area contributed by atoms with Crippen LogP contribution in [0.25, 0.3) is 0 Å². The first kappa shape index (κ1) is 18.6. The van der Waals surface area contributed by atoms with Crippen LogP contribution in [-0.2, 0) is 10.0 Å². The molecule has 0 aromatic heterocycles. The first-order valence-electron chi connectivity index (χ1n) is 8.10. The van der Waals surface area contributed by atoms with Crippen LogP contribution in [0.15, 0.2) is 41.3 Å². The fraction of sp³-hybridized carbons (Fsp3) is 0.333. The second-order valence-electron chi connectivity index (χ2n) is 6.35. The number of aryl methyl sites for hydroxylation is 1. The molecule has 1 aliphatic heterocycles. The number of hydrogen-bond acceptors (Lipinski definition) is 5. The van der Waals surface area contributed by atoms with Crippen LogP contribution in [0.3, 0.4) is 0 Å². The van der Waals surface area contributed by atoms with Crippen LogP contribution in [0.1, 0.15) is 17.2 Å². The molecule has 8 heteroatoms. The van der Waals surface area contributed by atoms with Gasteiger partial charge in [0, 0.05) is 12.6 Å². The fourth-order valence-corrected chi connectivity index (χ4v) is 3.90. The minimum atomic E-state index is -3.75. The van der Waals surface area contributed by atoms with Gasteiger partial charge in [0.05, 0.1) is 4.90 Å². The Morgan fingerprint density at radius 2 is 1.88 bits per heavy atom. The van der Waals surface area contributed by atoms with Crippen LogP contribution < -0.4 is 14.2 Å². The Morgan fingerprint density at radius 1 is 1.15 bits per heavy atom. The van der Waals surface area contributed by atoms with Gasteiger partial charge < -0.3 is 14.4 Å². The summed E-state index contributed by atoms with van der Waals surface area (Å²) in [5.41, 5.74) is 1.19. The van der Waals surface area contributed by atoms with Gasteiger partial charge in [-0.25, -0.2) is 17.5 Å². The molecule has 0 fully saturated rings. The molecule has 1 atom stereocenters. The molecule has 0 bridgehead atoms. The highest BCUT2D eigenvalue weighted by Gasteiger charge is 2.22. The van der Waals surface area contributed by atoms with Crippen LogP contribution in [0.4, 0.5) is 4.39 Å². The Balaban J connectivity index is 1.79. The van der Waals surface area contributed by atoms with E-state index < -0.39 is 15.8 Å². The van der Waals surface area contributed by atoms with Crippen molar-refractivity contribution in [3.8, 4) is 11.5 Å². The molecule has 0 radical (unpaired) electrons. The molecule has 2 aromatic rings. The van der Waals surface area contributed by atoms with Crippen LogP contribution in [0.2, 0.25) is 0 Å². The summed E-state index contributed by atoms with van der Waals surface area (Å²) in [6.07, 6.45) is 0. The summed E-state index contributed by atoms with van der Waals surface area (Å²) in [6.45, 7) is 1.87. The third kappa shape index (κ3) is 3.82. The van der Waals surface area contributed by atoms with Crippen molar-refractivity contribution in [2.45, 2.75) is 17.9 Å². The number of sulfonamides is 1. The quantitative estimate of drug-likeness (QED) is 0.834. The lowest BCUT2D eigenvalue weighted by Gasteiger charge is -2.25. The van der Waals surface area contributed by atoms with Crippen molar-refractivity contribution in [2.24, 2.45) is 0 Å². The highest BCUT2D eigenvalue weighted by molar-refractivity contribution is 7.89. The highest BCUT2D eigenvalue weighted by Crippen LogP contribution is 2.35. The van der Waals surface area contributed by atoms with Gasteiger partial charge in [0.1, 0.15) is 5.82 Å². The van der Waals surface area contributed by atoms with E-state index in [0.29, 0.717) is 11.5 Å². The highest BCUT2D eigenvalue weighted by atomic mass is 32.2. The number of rotatable bonds is 6. The van der Waals surface area contributed by atoms with Crippen LogP contribution in [0.5, 0.6) is 11.5 Å². The van der Waals surface area contributed by atoms with Crippen molar-refractivity contribution in [1.82, 2.24) is 9.62 Å². The molecule has 2 aromatic carbocycles. The van der Waals surface area contributed by atoms with Gasteiger partial charge in [0.15, 0.2) is 11.5 Å². The molecular formula is C18H21FN2O4S. The average Bonchev–Trinajstić information content (AvgIpc) is 3.04. The largest absolute Gasteiger partial charge is 0.454 e. The summed E-state index contributed by atoms with van der Waals surface area (Å²) in [5.74, 6) is 0.885. The number of ether oxygens (including phenoxy) is 2. The fourth-order valence-electron chi connectivity index (χ4n) is 2.78. The summed E-state index contributed by atoms with van der Waals surface area (Å²) in [5, 5.41) is 0. The van der Waals surface area contributed by atoms with Gasteiger partial charge in [0.25, 0.3) is 0 Å². The van der Waals surface area contributed by atoms with Crippen molar-refractivity contribution in [3.63, 3.8) is 0 Å². The third-order valence-corrected chi connectivity index (χ3v) is 5.73. The average molecular weight is 380 g/mol.